The van der Waals surface area contributed by atoms with Crippen molar-refractivity contribution in [1.29, 1.82) is 0 Å². The van der Waals surface area contributed by atoms with Crippen LogP contribution in [0, 0.1) is 17.0 Å². The highest BCUT2D eigenvalue weighted by Gasteiger charge is 2.13. The van der Waals surface area contributed by atoms with Crippen molar-refractivity contribution in [2.75, 3.05) is 0 Å². The number of ketones is 1. The average molecular weight is 336 g/mol. The summed E-state index contributed by atoms with van der Waals surface area (Å²) in [4.78, 5) is 22.5. The first-order chi connectivity index (χ1) is 10.4. The summed E-state index contributed by atoms with van der Waals surface area (Å²) >= 11 is 11.9. The van der Waals surface area contributed by atoms with Crippen molar-refractivity contribution in [3.63, 3.8) is 0 Å². The Morgan fingerprint density at radius 1 is 1.23 bits per heavy atom. The molecule has 4 nitrogen and oxygen atoms in total. The molecule has 0 aromatic heterocycles. The summed E-state index contributed by atoms with van der Waals surface area (Å²) in [5.41, 5.74) is 1.26. The Labute approximate surface area is 137 Å². The van der Waals surface area contributed by atoms with E-state index in [2.05, 4.69) is 0 Å². The van der Waals surface area contributed by atoms with Gasteiger partial charge in [-0.05, 0) is 30.7 Å². The lowest BCUT2D eigenvalue weighted by atomic mass is 10.1. The van der Waals surface area contributed by atoms with Crippen LogP contribution in [0.4, 0.5) is 5.69 Å². The van der Waals surface area contributed by atoms with Gasteiger partial charge in [0.15, 0.2) is 5.78 Å². The molecule has 2 aromatic carbocycles. The maximum Gasteiger partial charge on any atom is 0.273 e. The summed E-state index contributed by atoms with van der Waals surface area (Å²) in [6, 6.07) is 9.44. The fourth-order valence-electron chi connectivity index (χ4n) is 1.87. The van der Waals surface area contributed by atoms with Crippen LogP contribution in [0.25, 0.3) is 6.08 Å². The Balaban J connectivity index is 2.29. The van der Waals surface area contributed by atoms with Crippen molar-refractivity contribution < 1.29 is 9.72 Å². The number of allylic oxidation sites excluding steroid dienone is 1. The molecule has 0 N–H and O–H groups in total. The fourth-order valence-corrected chi connectivity index (χ4v) is 2.24. The predicted molar refractivity (Wildman–Crippen MR) is 87.7 cm³/mol. The first kappa shape index (κ1) is 16.2. The molecule has 0 saturated heterocycles. The zero-order chi connectivity index (χ0) is 16.3. The highest BCUT2D eigenvalue weighted by molar-refractivity contribution is 6.42. The Morgan fingerprint density at radius 2 is 1.95 bits per heavy atom. The molecule has 2 rings (SSSR count). The number of nitrogens with zero attached hydrogens (tertiary/aromatic N) is 1. The number of carbonyl (C=O) groups is 1. The number of benzene rings is 2. The van der Waals surface area contributed by atoms with Gasteiger partial charge < -0.3 is 0 Å². The van der Waals surface area contributed by atoms with E-state index in [-0.39, 0.29) is 17.0 Å². The number of nitro benzene ring substituents is 1. The average Bonchev–Trinajstić information content (AvgIpc) is 2.48. The number of rotatable bonds is 4. The van der Waals surface area contributed by atoms with Gasteiger partial charge in [0.1, 0.15) is 0 Å². The summed E-state index contributed by atoms with van der Waals surface area (Å²) in [6.07, 6.45) is 2.84. The van der Waals surface area contributed by atoms with E-state index in [0.717, 1.165) is 0 Å². The van der Waals surface area contributed by atoms with Crippen LogP contribution in [0.15, 0.2) is 42.5 Å². The highest BCUT2D eigenvalue weighted by atomic mass is 35.5. The first-order valence-corrected chi connectivity index (χ1v) is 7.07. The van der Waals surface area contributed by atoms with Crippen LogP contribution in [0.5, 0.6) is 0 Å². The highest BCUT2D eigenvalue weighted by Crippen LogP contribution is 2.26. The molecule has 0 radical (unpaired) electrons. The monoisotopic (exact) mass is 335 g/mol. The quantitative estimate of drug-likeness (QED) is 0.337. The van der Waals surface area contributed by atoms with Crippen LogP contribution in [0.3, 0.4) is 0 Å². The van der Waals surface area contributed by atoms with Gasteiger partial charge in [-0.3, -0.25) is 14.9 Å². The minimum absolute atomic E-state index is 0.0833. The van der Waals surface area contributed by atoms with Gasteiger partial charge in [0.05, 0.1) is 15.0 Å². The number of aryl methyl sites for hydroxylation is 1. The third kappa shape index (κ3) is 3.53. The Hall–Kier alpha value is -2.17. The van der Waals surface area contributed by atoms with E-state index in [0.29, 0.717) is 21.2 Å². The molecule has 0 saturated carbocycles. The molecule has 0 bridgehead atoms. The van der Waals surface area contributed by atoms with E-state index in [1.807, 2.05) is 0 Å². The number of hydrogen-bond donors (Lipinski definition) is 0. The molecular formula is C16H11Cl2NO3. The van der Waals surface area contributed by atoms with E-state index in [1.165, 1.54) is 18.2 Å². The maximum absolute atomic E-state index is 12.1. The largest absolute Gasteiger partial charge is 0.289 e. The lowest BCUT2D eigenvalue weighted by Crippen LogP contribution is -1.98. The Morgan fingerprint density at radius 3 is 2.64 bits per heavy atom. The second kappa shape index (κ2) is 6.73. The second-order valence-electron chi connectivity index (χ2n) is 4.60. The van der Waals surface area contributed by atoms with Crippen molar-refractivity contribution in [3.05, 3.63) is 79.3 Å². The smallest absolute Gasteiger partial charge is 0.273 e. The molecule has 22 heavy (non-hydrogen) atoms. The normalized spacial score (nSPS) is 10.9. The van der Waals surface area contributed by atoms with E-state index >= 15 is 0 Å². The van der Waals surface area contributed by atoms with Crippen molar-refractivity contribution in [2.45, 2.75) is 6.92 Å². The zero-order valence-electron chi connectivity index (χ0n) is 11.5. The molecule has 2 aromatic rings. The van der Waals surface area contributed by atoms with Gasteiger partial charge in [-0.2, -0.15) is 0 Å². The third-order valence-electron chi connectivity index (χ3n) is 3.09. The van der Waals surface area contributed by atoms with Gasteiger partial charge >= 0.3 is 0 Å². The first-order valence-electron chi connectivity index (χ1n) is 6.31. The predicted octanol–water partition coefficient (Wildman–Crippen LogP) is 5.11. The summed E-state index contributed by atoms with van der Waals surface area (Å²) in [6.45, 7) is 1.62. The Kier molecular flexibility index (Phi) is 4.96. The van der Waals surface area contributed by atoms with Gasteiger partial charge in [0, 0.05) is 17.2 Å². The molecule has 0 fully saturated rings. The topological polar surface area (TPSA) is 60.2 Å². The third-order valence-corrected chi connectivity index (χ3v) is 3.92. The number of hydrogen-bond acceptors (Lipinski definition) is 3. The molecule has 0 heterocycles. The lowest BCUT2D eigenvalue weighted by Gasteiger charge is -2.01. The van der Waals surface area contributed by atoms with Crippen LogP contribution < -0.4 is 0 Å². The maximum atomic E-state index is 12.1. The van der Waals surface area contributed by atoms with Gasteiger partial charge in [-0.25, -0.2) is 0 Å². The van der Waals surface area contributed by atoms with E-state index in [9.17, 15) is 14.9 Å². The van der Waals surface area contributed by atoms with Crippen LogP contribution in [0.1, 0.15) is 21.5 Å². The second-order valence-corrected chi connectivity index (χ2v) is 5.38. The van der Waals surface area contributed by atoms with Crippen LogP contribution in [-0.2, 0) is 0 Å². The van der Waals surface area contributed by atoms with Gasteiger partial charge in [-0.15, -0.1) is 0 Å². The minimum Gasteiger partial charge on any atom is -0.289 e. The van der Waals surface area contributed by atoms with Crippen molar-refractivity contribution in [3.8, 4) is 0 Å². The summed E-state index contributed by atoms with van der Waals surface area (Å²) in [5.74, 6) is -0.348. The molecule has 0 atom stereocenters. The van der Waals surface area contributed by atoms with Crippen molar-refractivity contribution in [2.24, 2.45) is 0 Å². The molecule has 112 valence electrons. The van der Waals surface area contributed by atoms with Gasteiger partial charge in [0.2, 0.25) is 0 Å². The molecule has 0 amide bonds. The molecular weight excluding hydrogens is 325 g/mol. The van der Waals surface area contributed by atoms with Crippen molar-refractivity contribution in [1.82, 2.24) is 0 Å². The molecule has 0 unspecified atom stereocenters. The summed E-state index contributed by atoms with van der Waals surface area (Å²) in [7, 11) is 0. The van der Waals surface area contributed by atoms with Crippen LogP contribution in [-0.4, -0.2) is 10.7 Å². The van der Waals surface area contributed by atoms with Crippen molar-refractivity contribution >= 4 is 40.7 Å². The van der Waals surface area contributed by atoms with Gasteiger partial charge in [-0.1, -0.05) is 47.5 Å². The summed E-state index contributed by atoms with van der Waals surface area (Å²) in [5, 5.41) is 11.6. The van der Waals surface area contributed by atoms with E-state index in [4.69, 9.17) is 23.2 Å². The fraction of sp³-hybridized carbons (Fsp3) is 0.0625. The van der Waals surface area contributed by atoms with E-state index in [1.54, 1.807) is 37.3 Å². The SMILES string of the molecule is Cc1ccc(C(=O)C=Cc2cccc(Cl)c2Cl)cc1[N+](=O)[O-]. The summed E-state index contributed by atoms with van der Waals surface area (Å²) < 4.78 is 0. The molecule has 0 spiro atoms. The zero-order valence-corrected chi connectivity index (χ0v) is 13.1. The number of carbonyl (C=O) groups excluding carboxylic acids is 1. The van der Waals surface area contributed by atoms with Crippen LogP contribution in [0.2, 0.25) is 10.0 Å². The molecule has 6 heteroatoms. The number of halogens is 2. The Bertz CT molecular complexity index is 785. The van der Waals surface area contributed by atoms with Crippen LogP contribution >= 0.6 is 23.2 Å². The van der Waals surface area contributed by atoms with E-state index < -0.39 is 4.92 Å². The number of nitro groups is 1. The van der Waals surface area contributed by atoms with Gasteiger partial charge in [0.25, 0.3) is 5.69 Å². The molecule has 0 aliphatic carbocycles. The molecule has 0 aliphatic heterocycles. The standard InChI is InChI=1S/C16H11Cl2NO3/c1-10-5-6-12(9-14(10)19(21)22)15(20)8-7-11-3-2-4-13(17)16(11)18/h2-9H,1H3. The minimum atomic E-state index is -0.510. The lowest BCUT2D eigenvalue weighted by molar-refractivity contribution is -0.385. The molecule has 0 aliphatic rings.